The van der Waals surface area contributed by atoms with Gasteiger partial charge in [0.2, 0.25) is 5.91 Å². The van der Waals surface area contributed by atoms with Gasteiger partial charge in [0.25, 0.3) is 0 Å². The van der Waals surface area contributed by atoms with Gasteiger partial charge in [0.05, 0.1) is 6.04 Å². The summed E-state index contributed by atoms with van der Waals surface area (Å²) in [6.45, 7) is 4.73. The molecule has 1 aromatic carbocycles. The predicted octanol–water partition coefficient (Wildman–Crippen LogP) is 2.30. The third kappa shape index (κ3) is 4.57. The van der Waals surface area contributed by atoms with Crippen LogP contribution in [0.3, 0.4) is 0 Å². The third-order valence-electron chi connectivity index (χ3n) is 2.89. The molecule has 1 atom stereocenters. The normalized spacial score (nSPS) is 12.2. The number of rotatable bonds is 6. The molecule has 0 aliphatic heterocycles. The minimum Gasteiger partial charge on any atom is -0.350 e. The molecule has 0 heterocycles. The first-order chi connectivity index (χ1) is 8.15. The maximum Gasteiger partial charge on any atom is 0.220 e. The molecule has 0 fully saturated rings. The van der Waals surface area contributed by atoms with Gasteiger partial charge in [0.15, 0.2) is 0 Å². The molecule has 94 valence electrons. The zero-order chi connectivity index (χ0) is 12.7. The summed E-state index contributed by atoms with van der Waals surface area (Å²) in [4.78, 5) is 11.7. The van der Waals surface area contributed by atoms with Gasteiger partial charge in [-0.15, -0.1) is 0 Å². The van der Waals surface area contributed by atoms with Crippen LogP contribution in [-0.2, 0) is 4.79 Å². The van der Waals surface area contributed by atoms with Crippen LogP contribution in [0.4, 0.5) is 0 Å². The van der Waals surface area contributed by atoms with Crippen LogP contribution in [0.15, 0.2) is 24.3 Å². The van der Waals surface area contributed by atoms with E-state index in [0.29, 0.717) is 13.0 Å². The second-order valence-corrected chi connectivity index (χ2v) is 4.39. The van der Waals surface area contributed by atoms with Crippen molar-refractivity contribution in [2.75, 3.05) is 6.54 Å². The summed E-state index contributed by atoms with van der Waals surface area (Å²) >= 11 is 0. The van der Waals surface area contributed by atoms with E-state index < -0.39 is 0 Å². The smallest absolute Gasteiger partial charge is 0.220 e. The molecule has 1 rings (SSSR count). The third-order valence-corrected chi connectivity index (χ3v) is 2.89. The molecule has 0 radical (unpaired) electrons. The van der Waals surface area contributed by atoms with Crippen LogP contribution >= 0.6 is 0 Å². The summed E-state index contributed by atoms with van der Waals surface area (Å²) in [6, 6.07) is 8.20. The number of aryl methyl sites for hydroxylation is 1. The first-order valence-electron chi connectivity index (χ1n) is 6.20. The quantitative estimate of drug-likeness (QED) is 0.742. The fourth-order valence-corrected chi connectivity index (χ4v) is 1.89. The molecule has 0 saturated carbocycles. The lowest BCUT2D eigenvalue weighted by Crippen LogP contribution is -2.26. The lowest BCUT2D eigenvalue weighted by atomic mass is 10.0. The molecule has 0 aromatic heterocycles. The Kier molecular flexibility index (Phi) is 5.70. The first-order valence-corrected chi connectivity index (χ1v) is 6.20. The van der Waals surface area contributed by atoms with Crippen molar-refractivity contribution in [2.45, 2.75) is 39.2 Å². The molecular formula is C14H22N2O. The van der Waals surface area contributed by atoms with Gasteiger partial charge in [0, 0.05) is 6.42 Å². The highest BCUT2D eigenvalue weighted by atomic mass is 16.1. The summed E-state index contributed by atoms with van der Waals surface area (Å²) in [5.74, 6) is 0.106. The van der Waals surface area contributed by atoms with Gasteiger partial charge in [0.1, 0.15) is 0 Å². The average molecular weight is 234 g/mol. The molecule has 1 aromatic rings. The minimum absolute atomic E-state index is 0.0709. The first kappa shape index (κ1) is 13.7. The van der Waals surface area contributed by atoms with E-state index in [9.17, 15) is 4.79 Å². The van der Waals surface area contributed by atoms with Crippen molar-refractivity contribution in [2.24, 2.45) is 5.73 Å². The van der Waals surface area contributed by atoms with Gasteiger partial charge in [-0.2, -0.15) is 0 Å². The molecule has 17 heavy (non-hydrogen) atoms. The van der Waals surface area contributed by atoms with E-state index in [-0.39, 0.29) is 11.9 Å². The van der Waals surface area contributed by atoms with Crippen molar-refractivity contribution in [3.8, 4) is 0 Å². The fourth-order valence-electron chi connectivity index (χ4n) is 1.89. The molecule has 3 N–H and O–H groups in total. The largest absolute Gasteiger partial charge is 0.350 e. The molecule has 3 heteroatoms. The molecule has 0 saturated heterocycles. The number of nitrogens with one attached hydrogen (secondary N) is 1. The van der Waals surface area contributed by atoms with E-state index in [4.69, 9.17) is 5.73 Å². The zero-order valence-corrected chi connectivity index (χ0v) is 10.7. The van der Waals surface area contributed by atoms with Crippen molar-refractivity contribution in [3.63, 3.8) is 0 Å². The van der Waals surface area contributed by atoms with Crippen molar-refractivity contribution in [1.29, 1.82) is 0 Å². The van der Waals surface area contributed by atoms with Crippen molar-refractivity contribution in [3.05, 3.63) is 35.4 Å². The van der Waals surface area contributed by atoms with Crippen LogP contribution < -0.4 is 11.1 Å². The van der Waals surface area contributed by atoms with E-state index in [0.717, 1.165) is 12.8 Å². The molecule has 0 aliphatic rings. The Morgan fingerprint density at radius 3 is 2.71 bits per heavy atom. The maximum atomic E-state index is 11.7. The SMILES string of the molecule is Cc1ccccc1[C@H](C)NC(=O)CCCCN. The van der Waals surface area contributed by atoms with Gasteiger partial charge in [-0.05, 0) is 44.4 Å². The summed E-state index contributed by atoms with van der Waals surface area (Å²) in [5, 5.41) is 3.02. The number of benzene rings is 1. The van der Waals surface area contributed by atoms with Gasteiger partial charge in [-0.3, -0.25) is 4.79 Å². The number of hydrogen-bond acceptors (Lipinski definition) is 2. The van der Waals surface area contributed by atoms with Gasteiger partial charge in [-0.1, -0.05) is 24.3 Å². The number of amides is 1. The van der Waals surface area contributed by atoms with Crippen molar-refractivity contribution < 1.29 is 4.79 Å². The molecule has 0 bridgehead atoms. The maximum absolute atomic E-state index is 11.7. The van der Waals surface area contributed by atoms with E-state index >= 15 is 0 Å². The lowest BCUT2D eigenvalue weighted by Gasteiger charge is -2.16. The predicted molar refractivity (Wildman–Crippen MR) is 70.6 cm³/mol. The van der Waals surface area contributed by atoms with Crippen LogP contribution in [0.1, 0.15) is 43.4 Å². The summed E-state index contributed by atoms with van der Waals surface area (Å²) in [7, 11) is 0. The summed E-state index contributed by atoms with van der Waals surface area (Å²) < 4.78 is 0. The van der Waals surface area contributed by atoms with Gasteiger partial charge < -0.3 is 11.1 Å². The van der Waals surface area contributed by atoms with Crippen LogP contribution in [0.25, 0.3) is 0 Å². The number of carbonyl (C=O) groups is 1. The number of hydrogen-bond donors (Lipinski definition) is 2. The summed E-state index contributed by atoms with van der Waals surface area (Å²) in [6.07, 6.45) is 2.34. The topological polar surface area (TPSA) is 55.1 Å². The molecular weight excluding hydrogens is 212 g/mol. The minimum atomic E-state index is 0.0709. The second kappa shape index (κ2) is 7.07. The second-order valence-electron chi connectivity index (χ2n) is 4.39. The highest BCUT2D eigenvalue weighted by Gasteiger charge is 2.10. The number of nitrogens with two attached hydrogens (primary N) is 1. The van der Waals surface area contributed by atoms with Crippen LogP contribution in [0.5, 0.6) is 0 Å². The highest BCUT2D eigenvalue weighted by molar-refractivity contribution is 5.76. The Morgan fingerprint density at radius 1 is 1.35 bits per heavy atom. The number of carbonyl (C=O) groups excluding carboxylic acids is 1. The standard InChI is InChI=1S/C14H22N2O/c1-11-7-3-4-8-13(11)12(2)16-14(17)9-5-6-10-15/h3-4,7-8,12H,5-6,9-10,15H2,1-2H3,(H,16,17)/t12-/m0/s1. The number of unbranched alkanes of at least 4 members (excludes halogenated alkanes) is 1. The van der Waals surface area contributed by atoms with Crippen LogP contribution in [0.2, 0.25) is 0 Å². The molecule has 0 unspecified atom stereocenters. The van der Waals surface area contributed by atoms with E-state index in [2.05, 4.69) is 24.4 Å². The van der Waals surface area contributed by atoms with E-state index in [1.54, 1.807) is 0 Å². The molecule has 1 amide bonds. The Hall–Kier alpha value is -1.35. The molecule has 0 spiro atoms. The average Bonchev–Trinajstić information content (AvgIpc) is 2.29. The van der Waals surface area contributed by atoms with Crippen molar-refractivity contribution >= 4 is 5.91 Å². The van der Waals surface area contributed by atoms with E-state index in [1.165, 1.54) is 11.1 Å². The Balaban J connectivity index is 2.46. The van der Waals surface area contributed by atoms with Gasteiger partial charge in [-0.25, -0.2) is 0 Å². The van der Waals surface area contributed by atoms with Crippen molar-refractivity contribution in [1.82, 2.24) is 5.32 Å². The Bertz CT molecular complexity index is 363. The van der Waals surface area contributed by atoms with Crippen LogP contribution in [0, 0.1) is 6.92 Å². The Morgan fingerprint density at radius 2 is 2.06 bits per heavy atom. The lowest BCUT2D eigenvalue weighted by molar-refractivity contribution is -0.121. The molecule has 3 nitrogen and oxygen atoms in total. The van der Waals surface area contributed by atoms with Crippen LogP contribution in [-0.4, -0.2) is 12.5 Å². The van der Waals surface area contributed by atoms with Gasteiger partial charge >= 0.3 is 0 Å². The zero-order valence-electron chi connectivity index (χ0n) is 10.7. The summed E-state index contributed by atoms with van der Waals surface area (Å²) in [5.41, 5.74) is 7.79. The molecule has 0 aliphatic carbocycles. The highest BCUT2D eigenvalue weighted by Crippen LogP contribution is 2.16. The Labute approximate surface area is 103 Å². The fraction of sp³-hybridized carbons (Fsp3) is 0.500. The monoisotopic (exact) mass is 234 g/mol. The van der Waals surface area contributed by atoms with E-state index in [1.807, 2.05) is 19.1 Å².